The number of rotatable bonds is 4. The summed E-state index contributed by atoms with van der Waals surface area (Å²) in [6.45, 7) is 7.64. The molecule has 1 fully saturated rings. The normalized spacial score (nSPS) is 17.7. The van der Waals surface area contributed by atoms with Crippen LogP contribution < -0.4 is 0 Å². The fourth-order valence-corrected chi connectivity index (χ4v) is 6.03. The number of hydrogen-bond donors (Lipinski definition) is 0. The molecule has 1 aliphatic rings. The lowest BCUT2D eigenvalue weighted by Crippen LogP contribution is -2.48. The molecule has 3 aromatic heterocycles. The molecule has 36 heavy (non-hydrogen) atoms. The minimum absolute atomic E-state index is 0.0978. The predicted molar refractivity (Wildman–Crippen MR) is 136 cm³/mol. The standard InChI is InChI=1S/C27H26FN7S/c1-17-23(15-32-35(17)22-7-8-33(4)27(2,3)11-22)19-10-25(26-20(13-30)14-31-34(26)16-19)36-24-6-5-21(28)9-18(24)12-29/h5-6,9-10,14-16,22H,7-8,11H2,1-4H3. The average molecular weight is 500 g/mol. The molecular formula is C27H26FN7S. The lowest BCUT2D eigenvalue weighted by Gasteiger charge is -2.43. The third-order valence-electron chi connectivity index (χ3n) is 7.25. The molecule has 1 aromatic carbocycles. The topological polar surface area (TPSA) is 85.9 Å². The zero-order valence-corrected chi connectivity index (χ0v) is 21.5. The maximum Gasteiger partial charge on any atom is 0.124 e. The number of piperidine rings is 1. The second kappa shape index (κ2) is 9.09. The molecule has 9 heteroatoms. The van der Waals surface area contributed by atoms with Gasteiger partial charge in [0.1, 0.15) is 18.0 Å². The Labute approximate surface area is 213 Å². The summed E-state index contributed by atoms with van der Waals surface area (Å²) < 4.78 is 17.6. The average Bonchev–Trinajstić information content (AvgIpc) is 3.45. The molecule has 1 unspecified atom stereocenters. The third-order valence-corrected chi connectivity index (χ3v) is 8.35. The number of nitrogens with zero attached hydrogens (tertiary/aromatic N) is 7. The quantitative estimate of drug-likeness (QED) is 0.364. The Hall–Kier alpha value is -3.66. The molecule has 182 valence electrons. The molecule has 1 saturated heterocycles. The summed E-state index contributed by atoms with van der Waals surface area (Å²) in [6, 6.07) is 10.7. The highest BCUT2D eigenvalue weighted by molar-refractivity contribution is 7.99. The van der Waals surface area contributed by atoms with E-state index in [-0.39, 0.29) is 11.1 Å². The smallest absolute Gasteiger partial charge is 0.124 e. The Kier molecular flexibility index (Phi) is 6.07. The van der Waals surface area contributed by atoms with Crippen LogP contribution in [0.15, 0.2) is 52.6 Å². The summed E-state index contributed by atoms with van der Waals surface area (Å²) in [5, 5.41) is 28.4. The van der Waals surface area contributed by atoms with E-state index in [2.05, 4.69) is 54.6 Å². The molecule has 0 bridgehead atoms. The fourth-order valence-electron chi connectivity index (χ4n) is 4.95. The highest BCUT2D eigenvalue weighted by atomic mass is 32.2. The molecule has 0 N–H and O–H groups in total. The van der Waals surface area contributed by atoms with E-state index in [1.807, 2.05) is 18.5 Å². The molecule has 5 rings (SSSR count). The van der Waals surface area contributed by atoms with E-state index in [1.54, 1.807) is 10.6 Å². The summed E-state index contributed by atoms with van der Waals surface area (Å²) in [6.07, 6.45) is 7.38. The molecule has 1 aliphatic heterocycles. The van der Waals surface area contributed by atoms with E-state index in [0.717, 1.165) is 41.1 Å². The molecule has 0 radical (unpaired) electrons. The number of benzene rings is 1. The van der Waals surface area contributed by atoms with Gasteiger partial charge in [-0.3, -0.25) is 4.68 Å². The van der Waals surface area contributed by atoms with E-state index < -0.39 is 5.82 Å². The number of fused-ring (bicyclic) bond motifs is 1. The molecule has 4 heterocycles. The summed E-state index contributed by atoms with van der Waals surface area (Å²) in [4.78, 5) is 3.78. The zero-order chi connectivity index (χ0) is 25.6. The van der Waals surface area contributed by atoms with Gasteiger partial charge in [-0.05, 0) is 64.9 Å². The molecule has 7 nitrogen and oxygen atoms in total. The lowest BCUT2D eigenvalue weighted by atomic mass is 9.87. The number of hydrogen-bond acceptors (Lipinski definition) is 6. The van der Waals surface area contributed by atoms with Gasteiger partial charge in [0.05, 0.1) is 35.1 Å². The van der Waals surface area contributed by atoms with Crippen LogP contribution in [0.4, 0.5) is 4.39 Å². The van der Waals surface area contributed by atoms with Crippen LogP contribution in [-0.2, 0) is 0 Å². The van der Waals surface area contributed by atoms with Crippen LogP contribution in [0, 0.1) is 35.4 Å². The molecule has 0 saturated carbocycles. The lowest BCUT2D eigenvalue weighted by molar-refractivity contribution is 0.0712. The highest BCUT2D eigenvalue weighted by Gasteiger charge is 2.34. The minimum Gasteiger partial charge on any atom is -0.301 e. The number of nitriles is 2. The van der Waals surface area contributed by atoms with Crippen molar-refractivity contribution in [1.29, 1.82) is 10.5 Å². The van der Waals surface area contributed by atoms with Gasteiger partial charge in [-0.1, -0.05) is 11.8 Å². The summed E-state index contributed by atoms with van der Waals surface area (Å²) in [5.74, 6) is -0.461. The Bertz CT molecular complexity index is 1550. The first-order valence-corrected chi connectivity index (χ1v) is 12.6. The van der Waals surface area contributed by atoms with Gasteiger partial charge in [0.2, 0.25) is 0 Å². The van der Waals surface area contributed by atoms with Crippen LogP contribution in [0.3, 0.4) is 0 Å². The Morgan fingerprint density at radius 1 is 1.08 bits per heavy atom. The van der Waals surface area contributed by atoms with Crippen molar-refractivity contribution < 1.29 is 4.39 Å². The van der Waals surface area contributed by atoms with Gasteiger partial charge in [0.25, 0.3) is 0 Å². The van der Waals surface area contributed by atoms with Crippen molar-refractivity contribution in [3.63, 3.8) is 0 Å². The number of aromatic nitrogens is 4. The van der Waals surface area contributed by atoms with Crippen molar-refractivity contribution in [2.24, 2.45) is 0 Å². The van der Waals surface area contributed by atoms with Crippen LogP contribution in [0.25, 0.3) is 16.6 Å². The summed E-state index contributed by atoms with van der Waals surface area (Å²) in [5.41, 5.74) is 4.41. The molecule has 0 amide bonds. The van der Waals surface area contributed by atoms with Crippen molar-refractivity contribution >= 4 is 17.3 Å². The van der Waals surface area contributed by atoms with Crippen LogP contribution in [-0.4, -0.2) is 43.4 Å². The first-order chi connectivity index (χ1) is 17.2. The van der Waals surface area contributed by atoms with E-state index in [1.165, 1.54) is 30.1 Å². The van der Waals surface area contributed by atoms with E-state index in [4.69, 9.17) is 5.10 Å². The second-order valence-electron chi connectivity index (χ2n) is 9.88. The Balaban J connectivity index is 1.59. The monoisotopic (exact) mass is 499 g/mol. The molecule has 0 aliphatic carbocycles. The molecule has 0 spiro atoms. The van der Waals surface area contributed by atoms with E-state index >= 15 is 0 Å². The number of likely N-dealkylation sites (tertiary alicyclic amines) is 1. The van der Waals surface area contributed by atoms with E-state index in [0.29, 0.717) is 22.0 Å². The minimum atomic E-state index is -0.461. The number of halogens is 1. The summed E-state index contributed by atoms with van der Waals surface area (Å²) >= 11 is 1.33. The third kappa shape index (κ3) is 4.15. The van der Waals surface area contributed by atoms with Crippen LogP contribution in [0.5, 0.6) is 0 Å². The van der Waals surface area contributed by atoms with Gasteiger partial charge in [-0.2, -0.15) is 20.7 Å². The van der Waals surface area contributed by atoms with Gasteiger partial charge in [-0.25, -0.2) is 8.91 Å². The highest BCUT2D eigenvalue weighted by Crippen LogP contribution is 2.39. The molecular weight excluding hydrogens is 473 g/mol. The maximum atomic E-state index is 13.7. The predicted octanol–water partition coefficient (Wildman–Crippen LogP) is 5.59. The van der Waals surface area contributed by atoms with Crippen LogP contribution in [0.2, 0.25) is 0 Å². The van der Waals surface area contributed by atoms with Gasteiger partial charge < -0.3 is 4.90 Å². The van der Waals surface area contributed by atoms with Gasteiger partial charge in [0.15, 0.2) is 0 Å². The molecule has 1 atom stereocenters. The van der Waals surface area contributed by atoms with Gasteiger partial charge in [-0.15, -0.1) is 0 Å². The zero-order valence-electron chi connectivity index (χ0n) is 20.7. The van der Waals surface area contributed by atoms with Crippen molar-refractivity contribution in [3.05, 3.63) is 65.5 Å². The van der Waals surface area contributed by atoms with Crippen molar-refractivity contribution in [2.45, 2.75) is 55.0 Å². The molecule has 4 aromatic rings. The van der Waals surface area contributed by atoms with Crippen LogP contribution >= 0.6 is 11.8 Å². The fraction of sp³-hybridized carbons (Fsp3) is 0.333. The maximum absolute atomic E-state index is 13.7. The largest absolute Gasteiger partial charge is 0.301 e. The Morgan fingerprint density at radius 2 is 1.86 bits per heavy atom. The second-order valence-corrected chi connectivity index (χ2v) is 11.0. The first kappa shape index (κ1) is 24.1. The van der Waals surface area contributed by atoms with Crippen molar-refractivity contribution in [2.75, 3.05) is 13.6 Å². The Morgan fingerprint density at radius 3 is 2.58 bits per heavy atom. The number of pyridine rings is 1. The van der Waals surface area contributed by atoms with Crippen molar-refractivity contribution in [3.8, 4) is 23.3 Å². The van der Waals surface area contributed by atoms with Gasteiger partial charge >= 0.3 is 0 Å². The first-order valence-electron chi connectivity index (χ1n) is 11.8. The summed E-state index contributed by atoms with van der Waals surface area (Å²) in [7, 11) is 2.17. The van der Waals surface area contributed by atoms with Gasteiger partial charge in [0, 0.05) is 44.9 Å². The SMILES string of the molecule is Cc1c(-c2cc(Sc3ccc(F)cc3C#N)c3c(C#N)cnn3c2)cnn1C1CCN(C)C(C)(C)C1. The van der Waals surface area contributed by atoms with Crippen LogP contribution in [0.1, 0.15) is 49.6 Å². The van der Waals surface area contributed by atoms with E-state index in [9.17, 15) is 14.9 Å². The van der Waals surface area contributed by atoms with Crippen molar-refractivity contribution in [1.82, 2.24) is 24.3 Å².